The fourth-order valence-corrected chi connectivity index (χ4v) is 7.84. The standard InChI is InChI=1S/C44H28N4S/c1-3-13-30(14-4-1)40-41-34-17-7-8-18-35(34)48-42(44(41)49-43(40)32-15-5-2-6-16-32)31-23-21-29(22-24-31)33-27-38(36-19-9-11-25-45-36)47-39(28-33)37-20-10-12-26-46-37/h1-28H. The van der Waals surface area contributed by atoms with Gasteiger partial charge < -0.3 is 0 Å². The van der Waals surface area contributed by atoms with E-state index in [1.54, 1.807) is 12.4 Å². The molecule has 9 aromatic rings. The second-order valence-electron chi connectivity index (χ2n) is 11.9. The number of fused-ring (bicyclic) bond motifs is 3. The number of aromatic nitrogens is 4. The summed E-state index contributed by atoms with van der Waals surface area (Å²) in [6.45, 7) is 0. The highest BCUT2D eigenvalue weighted by Gasteiger charge is 2.22. The predicted molar refractivity (Wildman–Crippen MR) is 203 cm³/mol. The van der Waals surface area contributed by atoms with Crippen molar-refractivity contribution in [3.05, 3.63) is 170 Å². The van der Waals surface area contributed by atoms with Gasteiger partial charge in [-0.2, -0.15) is 0 Å². The highest BCUT2D eigenvalue weighted by Crippen LogP contribution is 2.49. The lowest BCUT2D eigenvalue weighted by molar-refractivity contribution is 1.22. The van der Waals surface area contributed by atoms with Crippen molar-refractivity contribution in [3.8, 4) is 66.7 Å². The van der Waals surface area contributed by atoms with Crippen LogP contribution in [0.4, 0.5) is 0 Å². The molecule has 0 aliphatic rings. The van der Waals surface area contributed by atoms with Crippen LogP contribution in [0, 0.1) is 0 Å². The number of rotatable bonds is 6. The Labute approximate surface area is 288 Å². The summed E-state index contributed by atoms with van der Waals surface area (Å²) in [6.07, 6.45) is 3.60. The summed E-state index contributed by atoms with van der Waals surface area (Å²) in [4.78, 5) is 20.7. The van der Waals surface area contributed by atoms with Gasteiger partial charge in [-0.05, 0) is 64.7 Å². The zero-order chi connectivity index (χ0) is 32.6. The normalized spacial score (nSPS) is 11.3. The average molecular weight is 645 g/mol. The van der Waals surface area contributed by atoms with E-state index in [9.17, 15) is 0 Å². The monoisotopic (exact) mass is 644 g/mol. The number of nitrogens with zero attached hydrogens (tertiary/aromatic N) is 4. The SMILES string of the molecule is c1ccc(-c2sc3c(-c4ccc(-c5cc(-c6ccccn6)nc(-c6ccccn6)c5)cc4)nc4ccccc4c3c2-c2ccccc2)cc1. The lowest BCUT2D eigenvalue weighted by Crippen LogP contribution is -1.94. The average Bonchev–Trinajstić information content (AvgIpc) is 3.60. The molecule has 5 heteroatoms. The molecule has 0 N–H and O–H groups in total. The van der Waals surface area contributed by atoms with Crippen molar-refractivity contribution in [2.45, 2.75) is 0 Å². The van der Waals surface area contributed by atoms with E-state index in [2.05, 4.69) is 131 Å². The van der Waals surface area contributed by atoms with Crippen LogP contribution in [0.1, 0.15) is 0 Å². The van der Waals surface area contributed by atoms with Crippen molar-refractivity contribution in [2.24, 2.45) is 0 Å². The van der Waals surface area contributed by atoms with Crippen LogP contribution in [0.15, 0.2) is 170 Å². The van der Waals surface area contributed by atoms with E-state index in [1.165, 1.54) is 31.7 Å². The van der Waals surface area contributed by atoms with Crippen molar-refractivity contribution in [1.29, 1.82) is 0 Å². The lowest BCUT2D eigenvalue weighted by Gasteiger charge is -2.11. The van der Waals surface area contributed by atoms with Crippen LogP contribution in [0.25, 0.3) is 87.7 Å². The molecular weight excluding hydrogens is 617 g/mol. The molecule has 0 amide bonds. The molecule has 0 atom stereocenters. The van der Waals surface area contributed by atoms with Crippen LogP contribution in [0.3, 0.4) is 0 Å². The van der Waals surface area contributed by atoms with Gasteiger partial charge in [-0.15, -0.1) is 11.3 Å². The zero-order valence-electron chi connectivity index (χ0n) is 26.4. The summed E-state index contributed by atoms with van der Waals surface area (Å²) in [5.41, 5.74) is 12.1. The summed E-state index contributed by atoms with van der Waals surface area (Å²) in [5.74, 6) is 0. The molecule has 230 valence electrons. The molecule has 0 saturated carbocycles. The molecule has 0 saturated heterocycles. The van der Waals surface area contributed by atoms with E-state index in [1.807, 2.05) is 47.7 Å². The summed E-state index contributed by atoms with van der Waals surface area (Å²) in [5, 5.41) is 2.41. The Balaban J connectivity index is 1.23. The first-order valence-corrected chi connectivity index (χ1v) is 17.0. The molecule has 0 radical (unpaired) electrons. The van der Waals surface area contributed by atoms with Gasteiger partial charge in [0, 0.05) is 39.2 Å². The van der Waals surface area contributed by atoms with Crippen molar-refractivity contribution >= 4 is 32.3 Å². The first kappa shape index (κ1) is 28.9. The molecule has 0 bridgehead atoms. The maximum absolute atomic E-state index is 5.31. The quantitative estimate of drug-likeness (QED) is 0.181. The maximum atomic E-state index is 5.31. The van der Waals surface area contributed by atoms with Crippen LogP contribution < -0.4 is 0 Å². The highest BCUT2D eigenvalue weighted by molar-refractivity contribution is 7.23. The molecule has 5 heterocycles. The van der Waals surface area contributed by atoms with E-state index < -0.39 is 0 Å². The van der Waals surface area contributed by atoms with Gasteiger partial charge in [0.05, 0.1) is 38.7 Å². The van der Waals surface area contributed by atoms with Crippen molar-refractivity contribution in [3.63, 3.8) is 0 Å². The molecule has 0 aliphatic heterocycles. The van der Waals surface area contributed by atoms with Gasteiger partial charge in [-0.3, -0.25) is 9.97 Å². The maximum Gasteiger partial charge on any atom is 0.0900 e. The number of pyridine rings is 4. The fraction of sp³-hybridized carbons (Fsp3) is 0. The molecule has 49 heavy (non-hydrogen) atoms. The third kappa shape index (κ3) is 5.36. The Morgan fingerprint density at radius 2 is 0.980 bits per heavy atom. The van der Waals surface area contributed by atoms with Crippen LogP contribution in [0.5, 0.6) is 0 Å². The lowest BCUT2D eigenvalue weighted by atomic mass is 9.95. The molecule has 0 unspecified atom stereocenters. The van der Waals surface area contributed by atoms with E-state index in [0.29, 0.717) is 0 Å². The Morgan fingerprint density at radius 1 is 0.408 bits per heavy atom. The predicted octanol–water partition coefficient (Wildman–Crippen LogP) is 11.6. The number of hydrogen-bond acceptors (Lipinski definition) is 5. The number of thiophene rings is 1. The zero-order valence-corrected chi connectivity index (χ0v) is 27.2. The summed E-state index contributed by atoms with van der Waals surface area (Å²) in [7, 11) is 0. The number of benzene rings is 4. The molecule has 0 spiro atoms. The third-order valence-corrected chi connectivity index (χ3v) is 10.0. The van der Waals surface area contributed by atoms with Gasteiger partial charge in [0.1, 0.15) is 0 Å². The van der Waals surface area contributed by atoms with Crippen LogP contribution in [0.2, 0.25) is 0 Å². The topological polar surface area (TPSA) is 51.6 Å². The molecule has 4 nitrogen and oxygen atoms in total. The Kier molecular flexibility index (Phi) is 7.30. The minimum atomic E-state index is 0.807. The van der Waals surface area contributed by atoms with Gasteiger partial charge in [-0.1, -0.05) is 115 Å². The minimum Gasteiger partial charge on any atom is -0.255 e. The first-order valence-electron chi connectivity index (χ1n) is 16.2. The van der Waals surface area contributed by atoms with Crippen molar-refractivity contribution in [2.75, 3.05) is 0 Å². The van der Waals surface area contributed by atoms with Crippen LogP contribution in [-0.4, -0.2) is 19.9 Å². The van der Waals surface area contributed by atoms with Gasteiger partial charge >= 0.3 is 0 Å². The Bertz CT molecular complexity index is 2510. The molecule has 9 rings (SSSR count). The van der Waals surface area contributed by atoms with E-state index in [0.717, 1.165) is 56.1 Å². The highest BCUT2D eigenvalue weighted by atomic mass is 32.1. The third-order valence-electron chi connectivity index (χ3n) is 8.80. The van der Waals surface area contributed by atoms with Gasteiger partial charge in [-0.25, -0.2) is 9.97 Å². The Morgan fingerprint density at radius 3 is 1.61 bits per heavy atom. The van der Waals surface area contributed by atoms with Crippen molar-refractivity contribution < 1.29 is 0 Å². The minimum absolute atomic E-state index is 0.807. The van der Waals surface area contributed by atoms with Gasteiger partial charge in [0.25, 0.3) is 0 Å². The van der Waals surface area contributed by atoms with Gasteiger partial charge in [0.2, 0.25) is 0 Å². The van der Waals surface area contributed by atoms with Crippen LogP contribution in [-0.2, 0) is 0 Å². The summed E-state index contributed by atoms with van der Waals surface area (Å²) >= 11 is 1.82. The largest absolute Gasteiger partial charge is 0.255 e. The molecular formula is C44H28N4S. The van der Waals surface area contributed by atoms with E-state index >= 15 is 0 Å². The second-order valence-corrected chi connectivity index (χ2v) is 12.9. The number of para-hydroxylation sites is 1. The summed E-state index contributed by atoms with van der Waals surface area (Å²) < 4.78 is 1.18. The smallest absolute Gasteiger partial charge is 0.0900 e. The molecule has 0 fully saturated rings. The van der Waals surface area contributed by atoms with E-state index in [4.69, 9.17) is 9.97 Å². The second kappa shape index (κ2) is 12.4. The van der Waals surface area contributed by atoms with Crippen molar-refractivity contribution in [1.82, 2.24) is 19.9 Å². The molecule has 4 aromatic carbocycles. The first-order chi connectivity index (χ1) is 24.3. The number of hydrogen-bond donors (Lipinski definition) is 0. The molecule has 0 aliphatic carbocycles. The fourth-order valence-electron chi connectivity index (χ4n) is 6.49. The summed E-state index contributed by atoms with van der Waals surface area (Å²) in [6, 6.07) is 54.7. The van der Waals surface area contributed by atoms with E-state index in [-0.39, 0.29) is 0 Å². The molecule has 5 aromatic heterocycles. The Hall–Kier alpha value is -6.30. The van der Waals surface area contributed by atoms with Crippen LogP contribution >= 0.6 is 11.3 Å². The van der Waals surface area contributed by atoms with Gasteiger partial charge in [0.15, 0.2) is 0 Å².